The van der Waals surface area contributed by atoms with Crippen LogP contribution in [0.1, 0.15) is 18.1 Å². The van der Waals surface area contributed by atoms with Crippen LogP contribution >= 0.6 is 0 Å². The van der Waals surface area contributed by atoms with E-state index in [0.29, 0.717) is 0 Å². The molecule has 0 aliphatic heterocycles. The van der Waals surface area contributed by atoms with Gasteiger partial charge in [0, 0.05) is 10.9 Å². The summed E-state index contributed by atoms with van der Waals surface area (Å²) in [7, 11) is 0. The lowest BCUT2D eigenvalue weighted by molar-refractivity contribution is -0.141. The molecule has 0 unspecified atom stereocenters. The Labute approximate surface area is 129 Å². The second kappa shape index (κ2) is 6.15. The average molecular weight is 324 g/mol. The Bertz CT molecular complexity index is 861. The van der Waals surface area contributed by atoms with Crippen LogP contribution in [0.25, 0.3) is 10.9 Å². The number of benzene rings is 1. The summed E-state index contributed by atoms with van der Waals surface area (Å²) in [6.07, 6.45) is -0.440. The normalized spacial score (nSPS) is 12.2. The van der Waals surface area contributed by atoms with Crippen molar-refractivity contribution in [2.24, 2.45) is 0 Å². The number of aryl methyl sites for hydroxylation is 1. The predicted octanol–water partition coefficient (Wildman–Crippen LogP) is 1.25. The van der Waals surface area contributed by atoms with Gasteiger partial charge in [-0.3, -0.25) is 14.4 Å². The molecule has 0 radical (unpaired) electrons. The molecule has 3 N–H and O–H groups in total. The molecule has 0 saturated heterocycles. The van der Waals surface area contributed by atoms with Gasteiger partial charge in [0.1, 0.15) is 6.04 Å². The predicted molar refractivity (Wildman–Crippen MR) is 78.2 cm³/mol. The zero-order valence-electron chi connectivity index (χ0n) is 12.4. The third-order valence-electron chi connectivity index (χ3n) is 3.53. The van der Waals surface area contributed by atoms with E-state index < -0.39 is 41.5 Å². The number of halogens is 2. The van der Waals surface area contributed by atoms with Crippen molar-refractivity contribution in [1.82, 2.24) is 10.3 Å². The Balaban J connectivity index is 2.45. The van der Waals surface area contributed by atoms with E-state index in [4.69, 9.17) is 5.11 Å². The number of carbonyl (C=O) groups is 2. The molecule has 122 valence electrons. The molecule has 1 amide bonds. The van der Waals surface area contributed by atoms with Gasteiger partial charge in [-0.1, -0.05) is 0 Å². The van der Waals surface area contributed by atoms with Gasteiger partial charge >= 0.3 is 5.97 Å². The van der Waals surface area contributed by atoms with Gasteiger partial charge in [-0.05, 0) is 31.5 Å². The van der Waals surface area contributed by atoms with Crippen LogP contribution in [-0.2, 0) is 16.0 Å². The molecule has 0 aliphatic carbocycles. The quantitative estimate of drug-likeness (QED) is 0.788. The van der Waals surface area contributed by atoms with Crippen molar-refractivity contribution < 1.29 is 23.5 Å². The first-order valence-corrected chi connectivity index (χ1v) is 6.74. The number of hydrogen-bond acceptors (Lipinski definition) is 3. The van der Waals surface area contributed by atoms with E-state index in [0.717, 1.165) is 6.07 Å². The van der Waals surface area contributed by atoms with Gasteiger partial charge in [-0.25, -0.2) is 8.78 Å². The maximum Gasteiger partial charge on any atom is 0.325 e. The second-order valence-electron chi connectivity index (χ2n) is 5.15. The lowest BCUT2D eigenvalue weighted by atomic mass is 10.0. The van der Waals surface area contributed by atoms with Gasteiger partial charge in [0.15, 0.2) is 11.6 Å². The van der Waals surface area contributed by atoms with E-state index in [1.165, 1.54) is 19.9 Å². The topological polar surface area (TPSA) is 99.3 Å². The van der Waals surface area contributed by atoms with Gasteiger partial charge in [0.25, 0.3) is 5.56 Å². The molecule has 0 spiro atoms. The van der Waals surface area contributed by atoms with Crippen molar-refractivity contribution >= 4 is 22.8 Å². The summed E-state index contributed by atoms with van der Waals surface area (Å²) in [5, 5.41) is 10.8. The zero-order chi connectivity index (χ0) is 17.3. The van der Waals surface area contributed by atoms with Gasteiger partial charge < -0.3 is 15.4 Å². The Morgan fingerprint density at radius 3 is 2.61 bits per heavy atom. The number of pyridine rings is 1. The van der Waals surface area contributed by atoms with E-state index in [-0.39, 0.29) is 22.0 Å². The van der Waals surface area contributed by atoms with Crippen molar-refractivity contribution in [2.45, 2.75) is 26.3 Å². The highest BCUT2D eigenvalue weighted by atomic mass is 19.2. The van der Waals surface area contributed by atoms with Crippen LogP contribution in [0.5, 0.6) is 0 Å². The lowest BCUT2D eigenvalue weighted by Crippen LogP contribution is -2.40. The molecular weight excluding hydrogens is 310 g/mol. The number of H-pyrrole nitrogens is 1. The first kappa shape index (κ1) is 16.6. The van der Waals surface area contributed by atoms with E-state index in [9.17, 15) is 23.2 Å². The van der Waals surface area contributed by atoms with Gasteiger partial charge in [-0.2, -0.15) is 0 Å². The SMILES string of the molecule is Cc1c(CC(=O)N[C@H](C)C(=O)O)c(=O)[nH]c2ccc(F)c(F)c12. The number of carboxylic acid groups (broad SMARTS) is 1. The van der Waals surface area contributed by atoms with Crippen LogP contribution in [0.4, 0.5) is 8.78 Å². The monoisotopic (exact) mass is 324 g/mol. The molecule has 0 bridgehead atoms. The number of aromatic amines is 1. The number of carboxylic acids is 1. The van der Waals surface area contributed by atoms with Crippen LogP contribution in [-0.4, -0.2) is 28.0 Å². The van der Waals surface area contributed by atoms with E-state index in [1.54, 1.807) is 0 Å². The van der Waals surface area contributed by atoms with Crippen molar-refractivity contribution in [3.63, 3.8) is 0 Å². The molecule has 6 nitrogen and oxygen atoms in total. The first-order chi connectivity index (χ1) is 10.7. The summed E-state index contributed by atoms with van der Waals surface area (Å²) in [6, 6.07) is 1.00. The highest BCUT2D eigenvalue weighted by Gasteiger charge is 2.19. The fraction of sp³-hybridized carbons (Fsp3) is 0.267. The molecule has 0 saturated carbocycles. The van der Waals surface area contributed by atoms with E-state index in [2.05, 4.69) is 10.3 Å². The number of aliphatic carboxylic acids is 1. The fourth-order valence-electron chi connectivity index (χ4n) is 2.27. The Morgan fingerprint density at radius 2 is 2.00 bits per heavy atom. The first-order valence-electron chi connectivity index (χ1n) is 6.74. The number of hydrogen-bond donors (Lipinski definition) is 3. The van der Waals surface area contributed by atoms with Gasteiger partial charge in [-0.15, -0.1) is 0 Å². The highest BCUT2D eigenvalue weighted by molar-refractivity contribution is 5.88. The molecule has 2 aromatic rings. The molecule has 2 rings (SSSR count). The van der Waals surface area contributed by atoms with Gasteiger partial charge in [0.05, 0.1) is 11.9 Å². The standard InChI is InChI=1S/C15H14F2N2O4/c1-6-8(5-11(20)18-7(2)15(22)23)14(21)19-10-4-3-9(16)13(17)12(6)10/h3-4,7H,5H2,1-2H3,(H,18,20)(H,19,21)(H,22,23)/t7-/m1/s1. The Kier molecular flexibility index (Phi) is 4.44. The lowest BCUT2D eigenvalue weighted by Gasteiger charge is -2.12. The molecule has 8 heteroatoms. The van der Waals surface area contributed by atoms with Crippen LogP contribution in [0, 0.1) is 18.6 Å². The third-order valence-corrected chi connectivity index (χ3v) is 3.53. The van der Waals surface area contributed by atoms with Gasteiger partial charge in [0.2, 0.25) is 5.91 Å². The number of nitrogens with one attached hydrogen (secondary N) is 2. The van der Waals surface area contributed by atoms with Crippen molar-refractivity contribution in [2.75, 3.05) is 0 Å². The number of aromatic nitrogens is 1. The average Bonchev–Trinajstić information content (AvgIpc) is 2.47. The smallest absolute Gasteiger partial charge is 0.325 e. The summed E-state index contributed by atoms with van der Waals surface area (Å²) in [6.45, 7) is 2.68. The fourth-order valence-corrected chi connectivity index (χ4v) is 2.27. The van der Waals surface area contributed by atoms with Crippen LogP contribution in [0.3, 0.4) is 0 Å². The summed E-state index contributed by atoms with van der Waals surface area (Å²) >= 11 is 0. The van der Waals surface area contributed by atoms with Crippen molar-refractivity contribution in [1.29, 1.82) is 0 Å². The van der Waals surface area contributed by atoms with Crippen molar-refractivity contribution in [3.8, 4) is 0 Å². The minimum absolute atomic E-state index is 0.0444. The zero-order valence-corrected chi connectivity index (χ0v) is 12.4. The minimum Gasteiger partial charge on any atom is -0.480 e. The molecule has 0 aliphatic rings. The number of amides is 1. The molecule has 1 heterocycles. The van der Waals surface area contributed by atoms with Crippen molar-refractivity contribution in [3.05, 3.63) is 45.2 Å². The summed E-state index contributed by atoms with van der Waals surface area (Å²) in [5.41, 5.74) is -0.399. The minimum atomic E-state index is -1.23. The molecule has 1 atom stereocenters. The molecule has 23 heavy (non-hydrogen) atoms. The third kappa shape index (κ3) is 3.20. The number of carbonyl (C=O) groups excluding carboxylic acids is 1. The maximum absolute atomic E-state index is 13.9. The number of fused-ring (bicyclic) bond motifs is 1. The Hall–Kier alpha value is -2.77. The highest BCUT2D eigenvalue weighted by Crippen LogP contribution is 2.23. The summed E-state index contributed by atoms with van der Waals surface area (Å²) in [5.74, 6) is -4.11. The molecular formula is C15H14F2N2O4. The van der Waals surface area contributed by atoms with Crippen LogP contribution in [0.15, 0.2) is 16.9 Å². The summed E-state index contributed by atoms with van der Waals surface area (Å²) in [4.78, 5) is 37.0. The maximum atomic E-state index is 13.9. The van der Waals surface area contributed by atoms with Crippen LogP contribution in [0.2, 0.25) is 0 Å². The van der Waals surface area contributed by atoms with Crippen LogP contribution < -0.4 is 10.9 Å². The molecule has 0 fully saturated rings. The summed E-state index contributed by atoms with van der Waals surface area (Å²) < 4.78 is 27.3. The second-order valence-corrected chi connectivity index (χ2v) is 5.15. The molecule has 1 aromatic carbocycles. The molecule has 1 aromatic heterocycles. The largest absolute Gasteiger partial charge is 0.480 e. The van der Waals surface area contributed by atoms with E-state index >= 15 is 0 Å². The van der Waals surface area contributed by atoms with E-state index in [1.807, 2.05) is 0 Å². The Morgan fingerprint density at radius 1 is 1.35 bits per heavy atom. The number of rotatable bonds is 4.